The molecule has 10 heteroatoms. The second kappa shape index (κ2) is 7.61. The summed E-state index contributed by atoms with van der Waals surface area (Å²) in [6.45, 7) is 3.08. The molecule has 0 radical (unpaired) electrons. The molecular formula is C16H16F3NO3S3. The summed E-state index contributed by atoms with van der Waals surface area (Å²) < 4.78 is 63.5. The average Bonchev–Trinajstić information content (AvgIpc) is 2.99. The van der Waals surface area contributed by atoms with Gasteiger partial charge < -0.3 is 5.32 Å². The summed E-state index contributed by atoms with van der Waals surface area (Å²) in [5.74, 6) is -0.658. The number of halogens is 3. The van der Waals surface area contributed by atoms with Gasteiger partial charge in [-0.15, -0.1) is 23.1 Å². The highest BCUT2D eigenvalue weighted by atomic mass is 32.2. The third-order valence-corrected chi connectivity index (χ3v) is 8.15. The number of sulfone groups is 1. The number of anilines is 1. The number of hydrogen-bond donors (Lipinski definition) is 1. The van der Waals surface area contributed by atoms with Crippen LogP contribution in [-0.2, 0) is 16.0 Å². The second-order valence-corrected chi connectivity index (χ2v) is 10.2. The summed E-state index contributed by atoms with van der Waals surface area (Å²) in [4.78, 5) is 12.6. The van der Waals surface area contributed by atoms with Crippen LogP contribution in [0.15, 0.2) is 39.4 Å². The number of hydrogen-bond acceptors (Lipinski definition) is 5. The van der Waals surface area contributed by atoms with Gasteiger partial charge >= 0.3 is 6.18 Å². The molecule has 1 aromatic carbocycles. The summed E-state index contributed by atoms with van der Waals surface area (Å²) in [5, 5.41) is 1.73. The Hall–Kier alpha value is -1.52. The molecular weight excluding hydrogens is 407 g/mol. The third kappa shape index (κ3) is 4.41. The molecule has 0 saturated carbocycles. The normalized spacial score (nSPS) is 12.4. The number of thiophene rings is 1. The molecule has 0 fully saturated rings. The van der Waals surface area contributed by atoms with Crippen molar-refractivity contribution in [2.45, 2.75) is 34.4 Å². The van der Waals surface area contributed by atoms with Crippen molar-refractivity contribution in [1.82, 2.24) is 0 Å². The van der Waals surface area contributed by atoms with Gasteiger partial charge in [-0.1, -0.05) is 6.07 Å². The Morgan fingerprint density at radius 1 is 1.23 bits per heavy atom. The molecule has 0 atom stereocenters. The maximum Gasteiger partial charge on any atom is 0.416 e. The van der Waals surface area contributed by atoms with E-state index >= 15 is 0 Å². The fraction of sp³-hybridized carbons (Fsp3) is 0.312. The molecule has 0 aliphatic rings. The molecule has 0 saturated heterocycles. The standard InChI is InChI=1S/C16H16F3NO3S3/c1-9(2)26(22,23)13-8-12(25-15(13)24-3)14(21)20-11-6-4-5-10(7-11)16(17,18)19/h4-9H,1-3H3,(H,20,21). The fourth-order valence-corrected chi connectivity index (χ4v) is 5.74. The van der Waals surface area contributed by atoms with E-state index in [0.717, 1.165) is 23.5 Å². The van der Waals surface area contributed by atoms with E-state index in [-0.39, 0.29) is 15.5 Å². The van der Waals surface area contributed by atoms with Crippen LogP contribution >= 0.6 is 23.1 Å². The molecule has 0 aliphatic heterocycles. The maximum atomic E-state index is 12.8. The molecule has 2 rings (SSSR count). The van der Waals surface area contributed by atoms with Crippen LogP contribution in [0.3, 0.4) is 0 Å². The first-order valence-electron chi connectivity index (χ1n) is 7.37. The summed E-state index contributed by atoms with van der Waals surface area (Å²) in [6.07, 6.45) is -2.83. The van der Waals surface area contributed by atoms with Gasteiger partial charge in [-0.3, -0.25) is 4.79 Å². The molecule has 26 heavy (non-hydrogen) atoms. The fourth-order valence-electron chi connectivity index (χ4n) is 2.03. The predicted octanol–water partition coefficient (Wildman–Crippen LogP) is 4.92. The van der Waals surface area contributed by atoms with E-state index in [0.29, 0.717) is 4.21 Å². The number of carbonyl (C=O) groups excluding carboxylic acids is 1. The van der Waals surface area contributed by atoms with E-state index in [1.54, 1.807) is 20.1 Å². The number of rotatable bonds is 5. The van der Waals surface area contributed by atoms with Crippen molar-refractivity contribution >= 4 is 44.5 Å². The Labute approximate surface area is 157 Å². The summed E-state index contributed by atoms with van der Waals surface area (Å²) in [7, 11) is -3.57. The van der Waals surface area contributed by atoms with E-state index in [9.17, 15) is 26.4 Å². The van der Waals surface area contributed by atoms with Crippen LogP contribution in [0.1, 0.15) is 29.1 Å². The zero-order valence-electron chi connectivity index (χ0n) is 14.0. The smallest absolute Gasteiger partial charge is 0.321 e. The minimum absolute atomic E-state index is 0.0165. The van der Waals surface area contributed by atoms with Gasteiger partial charge in [-0.25, -0.2) is 8.42 Å². The Kier molecular flexibility index (Phi) is 6.09. The summed E-state index contributed by atoms with van der Waals surface area (Å²) in [6, 6.07) is 5.53. The van der Waals surface area contributed by atoms with Crippen molar-refractivity contribution in [2.24, 2.45) is 0 Å². The van der Waals surface area contributed by atoms with E-state index < -0.39 is 32.7 Å². The van der Waals surface area contributed by atoms with E-state index in [4.69, 9.17) is 0 Å². The van der Waals surface area contributed by atoms with Crippen molar-refractivity contribution in [2.75, 3.05) is 11.6 Å². The third-order valence-electron chi connectivity index (χ3n) is 3.45. The zero-order chi connectivity index (χ0) is 19.7. The average molecular weight is 424 g/mol. The van der Waals surface area contributed by atoms with Crippen molar-refractivity contribution in [3.63, 3.8) is 0 Å². The Morgan fingerprint density at radius 2 is 1.88 bits per heavy atom. The van der Waals surface area contributed by atoms with Crippen molar-refractivity contribution in [3.8, 4) is 0 Å². The lowest BCUT2D eigenvalue weighted by atomic mass is 10.2. The quantitative estimate of drug-likeness (QED) is 0.693. The maximum absolute atomic E-state index is 12.8. The van der Waals surface area contributed by atoms with Crippen molar-refractivity contribution < 1.29 is 26.4 Å². The minimum Gasteiger partial charge on any atom is -0.321 e. The van der Waals surface area contributed by atoms with Crippen LogP contribution in [0, 0.1) is 0 Å². The monoisotopic (exact) mass is 423 g/mol. The van der Waals surface area contributed by atoms with Crippen molar-refractivity contribution in [3.05, 3.63) is 40.8 Å². The largest absolute Gasteiger partial charge is 0.416 e. The van der Waals surface area contributed by atoms with Crippen molar-refractivity contribution in [1.29, 1.82) is 0 Å². The molecule has 0 aliphatic carbocycles. The topological polar surface area (TPSA) is 63.2 Å². The van der Waals surface area contributed by atoms with Gasteiger partial charge in [0.1, 0.15) is 0 Å². The molecule has 1 amide bonds. The van der Waals surface area contributed by atoms with Gasteiger partial charge in [0.2, 0.25) is 0 Å². The highest BCUT2D eigenvalue weighted by Gasteiger charge is 2.31. The van der Waals surface area contributed by atoms with Gasteiger partial charge in [0.25, 0.3) is 5.91 Å². The lowest BCUT2D eigenvalue weighted by Gasteiger charge is -2.09. The van der Waals surface area contributed by atoms with E-state index in [1.165, 1.54) is 30.0 Å². The number of nitrogens with one attached hydrogen (secondary N) is 1. The molecule has 0 spiro atoms. The minimum atomic E-state index is -4.52. The van der Waals surface area contributed by atoms with Gasteiger partial charge in [0.15, 0.2) is 9.84 Å². The van der Waals surface area contributed by atoms with Crippen LogP contribution in [0.4, 0.5) is 18.9 Å². The Morgan fingerprint density at radius 3 is 2.42 bits per heavy atom. The van der Waals surface area contributed by atoms with Gasteiger partial charge in [0, 0.05) is 5.69 Å². The van der Waals surface area contributed by atoms with Gasteiger partial charge in [-0.2, -0.15) is 13.2 Å². The first-order chi connectivity index (χ1) is 12.0. The zero-order valence-corrected chi connectivity index (χ0v) is 16.5. The van der Waals surface area contributed by atoms with Crippen LogP contribution in [-0.4, -0.2) is 25.8 Å². The summed E-state index contributed by atoms with van der Waals surface area (Å²) >= 11 is 2.19. The number of benzene rings is 1. The first kappa shape index (κ1) is 20.8. The Bertz CT molecular complexity index is 918. The molecule has 0 bridgehead atoms. The van der Waals surface area contributed by atoms with Gasteiger partial charge in [0.05, 0.1) is 24.8 Å². The number of thioether (sulfide) groups is 1. The summed E-state index contributed by atoms with van der Waals surface area (Å²) in [5.41, 5.74) is -0.897. The molecule has 1 N–H and O–H groups in total. The Balaban J connectivity index is 2.33. The molecule has 4 nitrogen and oxygen atoms in total. The molecule has 2 aromatic rings. The van der Waals surface area contributed by atoms with Gasteiger partial charge in [-0.05, 0) is 44.4 Å². The van der Waals surface area contributed by atoms with Crippen LogP contribution in [0.2, 0.25) is 0 Å². The van der Waals surface area contributed by atoms with E-state index in [2.05, 4.69) is 5.32 Å². The molecule has 142 valence electrons. The SMILES string of the molecule is CSc1sc(C(=O)Nc2cccc(C(F)(F)F)c2)cc1S(=O)(=O)C(C)C. The lowest BCUT2D eigenvalue weighted by molar-refractivity contribution is -0.137. The number of carbonyl (C=O) groups is 1. The second-order valence-electron chi connectivity index (χ2n) is 5.59. The first-order valence-corrected chi connectivity index (χ1v) is 11.0. The predicted molar refractivity (Wildman–Crippen MR) is 97.8 cm³/mol. The molecule has 0 unspecified atom stereocenters. The highest BCUT2D eigenvalue weighted by molar-refractivity contribution is 8.01. The van der Waals surface area contributed by atoms with Crippen LogP contribution < -0.4 is 5.32 Å². The number of amides is 1. The van der Waals surface area contributed by atoms with E-state index in [1.807, 2.05) is 0 Å². The number of alkyl halides is 3. The van der Waals surface area contributed by atoms with Crippen LogP contribution in [0.25, 0.3) is 0 Å². The van der Waals surface area contributed by atoms with Crippen LogP contribution in [0.5, 0.6) is 0 Å². The lowest BCUT2D eigenvalue weighted by Crippen LogP contribution is -2.14. The molecule has 1 heterocycles. The highest BCUT2D eigenvalue weighted by Crippen LogP contribution is 2.36. The molecule has 1 aromatic heterocycles.